The van der Waals surface area contributed by atoms with Crippen LogP contribution in [0.5, 0.6) is 5.75 Å². The molecule has 1 saturated heterocycles. The van der Waals surface area contributed by atoms with Crippen molar-refractivity contribution in [3.8, 4) is 5.75 Å². The summed E-state index contributed by atoms with van der Waals surface area (Å²) in [5.41, 5.74) is -1.02. The summed E-state index contributed by atoms with van der Waals surface area (Å²) in [6.07, 6.45) is 1.05. The topological polar surface area (TPSA) is 76.1 Å². The monoisotopic (exact) mass is 339 g/mol. The highest BCUT2D eigenvalue weighted by Crippen LogP contribution is 2.31. The van der Waals surface area contributed by atoms with Crippen LogP contribution in [0.25, 0.3) is 0 Å². The number of halogens is 1. The van der Waals surface area contributed by atoms with Crippen LogP contribution in [0.15, 0.2) is 24.3 Å². The number of hydrogen-bond acceptors (Lipinski definition) is 4. The molecule has 0 bridgehead atoms. The van der Waals surface area contributed by atoms with Crippen molar-refractivity contribution in [2.45, 2.75) is 19.3 Å². The molecule has 1 aliphatic rings. The molecule has 0 spiro atoms. The zero-order valence-electron chi connectivity index (χ0n) is 13.7. The van der Waals surface area contributed by atoms with E-state index in [2.05, 4.69) is 0 Å². The van der Waals surface area contributed by atoms with E-state index in [9.17, 15) is 19.1 Å². The van der Waals surface area contributed by atoms with Gasteiger partial charge in [0.15, 0.2) is 11.6 Å². The Kier molecular flexibility index (Phi) is 6.14. The van der Waals surface area contributed by atoms with Crippen LogP contribution in [0.4, 0.5) is 4.39 Å². The summed E-state index contributed by atoms with van der Waals surface area (Å²) in [5.74, 6) is -1.33. The van der Waals surface area contributed by atoms with Gasteiger partial charge in [-0.15, -0.1) is 0 Å². The van der Waals surface area contributed by atoms with Crippen molar-refractivity contribution in [3.05, 3.63) is 30.1 Å². The van der Waals surface area contributed by atoms with Crippen molar-refractivity contribution >= 4 is 11.9 Å². The average molecular weight is 339 g/mol. The van der Waals surface area contributed by atoms with Crippen LogP contribution >= 0.6 is 0 Å². The zero-order chi connectivity index (χ0) is 17.6. The SMILES string of the molecule is COCC1(C(=O)O)CCN(C(=O)CCCOc2ccccc2F)C1. The lowest BCUT2D eigenvalue weighted by atomic mass is 9.88. The van der Waals surface area contributed by atoms with Gasteiger partial charge in [0.25, 0.3) is 0 Å². The van der Waals surface area contributed by atoms with E-state index < -0.39 is 17.2 Å². The van der Waals surface area contributed by atoms with Gasteiger partial charge in [-0.3, -0.25) is 9.59 Å². The molecule has 0 aromatic heterocycles. The fourth-order valence-electron chi connectivity index (χ4n) is 2.84. The Labute approximate surface area is 140 Å². The molecule has 1 aromatic carbocycles. The Morgan fingerprint density at radius 2 is 2.12 bits per heavy atom. The molecule has 0 saturated carbocycles. The van der Waals surface area contributed by atoms with Crippen molar-refractivity contribution in [2.24, 2.45) is 5.41 Å². The molecular weight excluding hydrogens is 317 g/mol. The minimum atomic E-state index is -1.02. The number of rotatable bonds is 8. The molecule has 6 nitrogen and oxygen atoms in total. The molecule has 1 heterocycles. The summed E-state index contributed by atoms with van der Waals surface area (Å²) >= 11 is 0. The van der Waals surface area contributed by atoms with E-state index in [1.54, 1.807) is 17.0 Å². The first kappa shape index (κ1) is 18.2. The number of likely N-dealkylation sites (tertiary alicyclic amines) is 1. The molecule has 0 radical (unpaired) electrons. The first-order chi connectivity index (χ1) is 11.5. The van der Waals surface area contributed by atoms with Crippen molar-refractivity contribution in [1.29, 1.82) is 0 Å². The van der Waals surface area contributed by atoms with Gasteiger partial charge in [0.1, 0.15) is 5.41 Å². The van der Waals surface area contributed by atoms with Crippen molar-refractivity contribution in [3.63, 3.8) is 0 Å². The number of carbonyl (C=O) groups excluding carboxylic acids is 1. The molecule has 1 N–H and O–H groups in total. The molecule has 7 heteroatoms. The number of ether oxygens (including phenoxy) is 2. The van der Waals surface area contributed by atoms with Crippen LogP contribution in [0, 0.1) is 11.2 Å². The molecular formula is C17H22FNO5. The maximum Gasteiger partial charge on any atom is 0.313 e. The highest BCUT2D eigenvalue weighted by atomic mass is 19.1. The second-order valence-corrected chi connectivity index (χ2v) is 5.97. The molecule has 1 amide bonds. The number of nitrogens with zero attached hydrogens (tertiary/aromatic N) is 1. The van der Waals surface area contributed by atoms with Gasteiger partial charge in [-0.2, -0.15) is 0 Å². The van der Waals surface area contributed by atoms with E-state index in [1.807, 2.05) is 0 Å². The van der Waals surface area contributed by atoms with E-state index in [1.165, 1.54) is 19.2 Å². The van der Waals surface area contributed by atoms with Crippen molar-refractivity contribution in [1.82, 2.24) is 4.90 Å². The summed E-state index contributed by atoms with van der Waals surface area (Å²) in [7, 11) is 1.45. The number of carboxylic acids is 1. The van der Waals surface area contributed by atoms with Gasteiger partial charge in [-0.25, -0.2) is 4.39 Å². The van der Waals surface area contributed by atoms with E-state index in [4.69, 9.17) is 9.47 Å². The molecule has 2 rings (SSSR count). The normalized spacial score (nSPS) is 20.2. The van der Waals surface area contributed by atoms with Gasteiger partial charge in [-0.05, 0) is 25.0 Å². The Balaban J connectivity index is 1.77. The number of aliphatic carboxylic acids is 1. The number of carboxylic acid groups (broad SMARTS) is 1. The molecule has 0 aliphatic carbocycles. The first-order valence-electron chi connectivity index (χ1n) is 7.86. The average Bonchev–Trinajstić information content (AvgIpc) is 2.99. The van der Waals surface area contributed by atoms with E-state index in [0.29, 0.717) is 19.4 Å². The number of carbonyl (C=O) groups is 2. The molecule has 1 aromatic rings. The second-order valence-electron chi connectivity index (χ2n) is 5.97. The Bertz CT molecular complexity index is 594. The Morgan fingerprint density at radius 1 is 1.38 bits per heavy atom. The summed E-state index contributed by atoms with van der Waals surface area (Å²) in [5, 5.41) is 9.39. The van der Waals surface area contributed by atoms with Crippen molar-refractivity contribution in [2.75, 3.05) is 33.4 Å². The fraction of sp³-hybridized carbons (Fsp3) is 0.529. The maximum absolute atomic E-state index is 13.4. The van der Waals surface area contributed by atoms with Crippen LogP contribution in [-0.2, 0) is 14.3 Å². The molecule has 1 fully saturated rings. The van der Waals surface area contributed by atoms with E-state index in [0.717, 1.165) is 0 Å². The lowest BCUT2D eigenvalue weighted by molar-refractivity contribution is -0.151. The molecule has 24 heavy (non-hydrogen) atoms. The van der Waals surface area contributed by atoms with Crippen LogP contribution in [-0.4, -0.2) is 55.3 Å². The van der Waals surface area contributed by atoms with Crippen LogP contribution in [0.2, 0.25) is 0 Å². The Morgan fingerprint density at radius 3 is 2.79 bits per heavy atom. The highest BCUT2D eigenvalue weighted by molar-refractivity contribution is 5.80. The number of para-hydroxylation sites is 1. The third-order valence-electron chi connectivity index (χ3n) is 4.21. The van der Waals surface area contributed by atoms with Gasteiger partial charge in [0.05, 0.1) is 13.2 Å². The Hall–Kier alpha value is -2.15. The summed E-state index contributed by atoms with van der Waals surface area (Å²) in [6, 6.07) is 6.10. The minimum Gasteiger partial charge on any atom is -0.491 e. The van der Waals surface area contributed by atoms with Crippen LogP contribution in [0.1, 0.15) is 19.3 Å². The van der Waals surface area contributed by atoms with Crippen molar-refractivity contribution < 1.29 is 28.6 Å². The first-order valence-corrected chi connectivity index (χ1v) is 7.86. The molecule has 1 unspecified atom stereocenters. The smallest absolute Gasteiger partial charge is 0.313 e. The van der Waals surface area contributed by atoms with E-state index >= 15 is 0 Å². The zero-order valence-corrected chi connectivity index (χ0v) is 13.7. The summed E-state index contributed by atoms with van der Waals surface area (Å²) in [6.45, 7) is 0.872. The summed E-state index contributed by atoms with van der Waals surface area (Å²) < 4.78 is 23.7. The lowest BCUT2D eigenvalue weighted by Crippen LogP contribution is -2.40. The number of benzene rings is 1. The fourth-order valence-corrected chi connectivity index (χ4v) is 2.84. The minimum absolute atomic E-state index is 0.0858. The highest BCUT2D eigenvalue weighted by Gasteiger charge is 2.46. The third-order valence-corrected chi connectivity index (χ3v) is 4.21. The largest absolute Gasteiger partial charge is 0.491 e. The summed E-state index contributed by atoms with van der Waals surface area (Å²) in [4.78, 5) is 25.2. The van der Waals surface area contributed by atoms with Gasteiger partial charge < -0.3 is 19.5 Å². The van der Waals surface area contributed by atoms with Crippen LogP contribution in [0.3, 0.4) is 0 Å². The van der Waals surface area contributed by atoms with Gasteiger partial charge in [0.2, 0.25) is 5.91 Å². The van der Waals surface area contributed by atoms with Gasteiger partial charge in [-0.1, -0.05) is 12.1 Å². The van der Waals surface area contributed by atoms with Gasteiger partial charge in [0, 0.05) is 26.6 Å². The predicted octanol–water partition coefficient (Wildman–Crippen LogP) is 1.93. The molecule has 1 atom stereocenters. The maximum atomic E-state index is 13.4. The standard InChI is InChI=1S/C17H22FNO5/c1-23-12-17(16(21)22)8-9-19(11-17)15(20)7-4-10-24-14-6-3-2-5-13(14)18/h2-3,5-6H,4,7-12H2,1H3,(H,21,22). The van der Waals surface area contributed by atoms with Crippen LogP contribution < -0.4 is 4.74 Å². The number of methoxy groups -OCH3 is 1. The quantitative estimate of drug-likeness (QED) is 0.733. The lowest BCUT2D eigenvalue weighted by Gasteiger charge is -2.23. The molecule has 132 valence electrons. The second kappa shape index (κ2) is 8.10. The molecule has 1 aliphatic heterocycles. The third kappa shape index (κ3) is 4.23. The van der Waals surface area contributed by atoms with Gasteiger partial charge >= 0.3 is 5.97 Å². The number of hydrogen-bond donors (Lipinski definition) is 1. The predicted molar refractivity (Wildman–Crippen MR) is 84.3 cm³/mol. The van der Waals surface area contributed by atoms with E-state index in [-0.39, 0.29) is 37.8 Å². The number of amides is 1.